The minimum Gasteiger partial charge on any atom is -0.460 e. The lowest BCUT2D eigenvalue weighted by molar-refractivity contribution is -0.117. The molecule has 0 spiro atoms. The number of anilines is 1. The lowest BCUT2D eigenvalue weighted by Crippen LogP contribution is -2.28. The molecule has 0 saturated carbocycles. The Kier molecular flexibility index (Phi) is 1.98. The second kappa shape index (κ2) is 3.14. The first kappa shape index (κ1) is 8.19. The SMILES string of the molecule is O=C1COC(=S)N1c1ccccc1. The maximum atomic E-state index is 11.3. The van der Waals surface area contributed by atoms with Gasteiger partial charge in [-0.25, -0.2) is 4.90 Å². The zero-order chi connectivity index (χ0) is 9.26. The van der Waals surface area contributed by atoms with Crippen molar-refractivity contribution in [2.75, 3.05) is 11.5 Å². The maximum Gasteiger partial charge on any atom is 0.272 e. The van der Waals surface area contributed by atoms with Crippen LogP contribution in [0.4, 0.5) is 5.69 Å². The van der Waals surface area contributed by atoms with Gasteiger partial charge in [0.05, 0.1) is 5.69 Å². The van der Waals surface area contributed by atoms with Crippen molar-refractivity contribution >= 4 is 29.0 Å². The molecule has 1 aromatic rings. The Morgan fingerprint density at radius 2 is 2.00 bits per heavy atom. The minimum absolute atomic E-state index is 0.0493. The smallest absolute Gasteiger partial charge is 0.272 e. The summed E-state index contributed by atoms with van der Waals surface area (Å²) in [6, 6.07) is 9.22. The van der Waals surface area contributed by atoms with Crippen LogP contribution in [0.15, 0.2) is 30.3 Å². The van der Waals surface area contributed by atoms with E-state index in [2.05, 4.69) is 0 Å². The Balaban J connectivity index is 2.36. The van der Waals surface area contributed by atoms with Crippen LogP contribution < -0.4 is 4.90 Å². The van der Waals surface area contributed by atoms with Gasteiger partial charge >= 0.3 is 0 Å². The molecule has 66 valence electrons. The van der Waals surface area contributed by atoms with Gasteiger partial charge in [-0.2, -0.15) is 0 Å². The molecule has 1 saturated heterocycles. The van der Waals surface area contributed by atoms with Crippen molar-refractivity contribution in [1.82, 2.24) is 0 Å². The quantitative estimate of drug-likeness (QED) is 0.630. The number of carbonyl (C=O) groups is 1. The summed E-state index contributed by atoms with van der Waals surface area (Å²) in [5.41, 5.74) is 0.759. The Morgan fingerprint density at radius 3 is 2.54 bits per heavy atom. The first-order chi connectivity index (χ1) is 6.29. The van der Waals surface area contributed by atoms with E-state index >= 15 is 0 Å². The number of carbonyl (C=O) groups excluding carboxylic acids is 1. The van der Waals surface area contributed by atoms with Gasteiger partial charge < -0.3 is 4.74 Å². The number of ether oxygens (including phenoxy) is 1. The molecule has 0 N–H and O–H groups in total. The summed E-state index contributed by atoms with van der Waals surface area (Å²) in [6.45, 7) is 0.0493. The van der Waals surface area contributed by atoms with Gasteiger partial charge in [0.2, 0.25) is 0 Å². The van der Waals surface area contributed by atoms with Crippen LogP contribution in [0.25, 0.3) is 0 Å². The van der Waals surface area contributed by atoms with Gasteiger partial charge in [0.15, 0.2) is 6.61 Å². The molecule has 0 aromatic heterocycles. The van der Waals surface area contributed by atoms with Gasteiger partial charge in [-0.3, -0.25) is 4.79 Å². The number of amides is 1. The van der Waals surface area contributed by atoms with Gasteiger partial charge in [-0.05, 0) is 24.4 Å². The third kappa shape index (κ3) is 1.40. The highest BCUT2D eigenvalue weighted by molar-refractivity contribution is 7.80. The van der Waals surface area contributed by atoms with Crippen molar-refractivity contribution in [3.8, 4) is 0 Å². The predicted octanol–water partition coefficient (Wildman–Crippen LogP) is 1.33. The molecule has 0 radical (unpaired) electrons. The molecular formula is C9H7NO2S. The Hall–Kier alpha value is -1.42. The van der Waals surface area contributed by atoms with Crippen LogP contribution in [0, 0.1) is 0 Å². The number of nitrogens with zero attached hydrogens (tertiary/aromatic N) is 1. The molecule has 1 aromatic carbocycles. The standard InChI is InChI=1S/C9H7NO2S/c11-8-6-12-9(13)10(8)7-4-2-1-3-5-7/h1-5H,6H2. The van der Waals surface area contributed by atoms with E-state index in [0.29, 0.717) is 0 Å². The van der Waals surface area contributed by atoms with Crippen LogP contribution in [0.5, 0.6) is 0 Å². The summed E-state index contributed by atoms with van der Waals surface area (Å²) in [6.07, 6.45) is 0. The first-order valence-corrected chi connectivity index (χ1v) is 4.24. The molecule has 1 aliphatic heterocycles. The summed E-state index contributed by atoms with van der Waals surface area (Å²) in [4.78, 5) is 12.7. The van der Waals surface area contributed by atoms with E-state index in [9.17, 15) is 4.79 Å². The number of hydrogen-bond acceptors (Lipinski definition) is 3. The molecule has 0 atom stereocenters. The fourth-order valence-corrected chi connectivity index (χ4v) is 1.45. The minimum atomic E-state index is -0.115. The Labute approximate surface area is 80.9 Å². The van der Waals surface area contributed by atoms with E-state index in [1.165, 1.54) is 4.90 Å². The van der Waals surface area contributed by atoms with Gasteiger partial charge in [0, 0.05) is 0 Å². The van der Waals surface area contributed by atoms with Crippen molar-refractivity contribution in [3.05, 3.63) is 30.3 Å². The van der Waals surface area contributed by atoms with Crippen molar-refractivity contribution in [3.63, 3.8) is 0 Å². The van der Waals surface area contributed by atoms with E-state index in [0.717, 1.165) is 5.69 Å². The van der Waals surface area contributed by atoms with Crippen molar-refractivity contribution in [2.45, 2.75) is 0 Å². The molecule has 0 bridgehead atoms. The highest BCUT2D eigenvalue weighted by Crippen LogP contribution is 2.18. The topological polar surface area (TPSA) is 29.5 Å². The van der Waals surface area contributed by atoms with Crippen molar-refractivity contribution < 1.29 is 9.53 Å². The normalized spacial score (nSPS) is 16.2. The fourth-order valence-electron chi connectivity index (χ4n) is 1.18. The molecule has 1 fully saturated rings. The predicted molar refractivity (Wildman–Crippen MR) is 52.5 cm³/mol. The molecule has 2 rings (SSSR count). The summed E-state index contributed by atoms with van der Waals surface area (Å²) in [5.74, 6) is -0.115. The molecule has 4 heteroatoms. The summed E-state index contributed by atoms with van der Waals surface area (Å²) in [7, 11) is 0. The number of benzene rings is 1. The highest BCUT2D eigenvalue weighted by atomic mass is 32.1. The first-order valence-electron chi connectivity index (χ1n) is 3.84. The number of thiocarbonyl (C=S) groups is 1. The molecule has 1 heterocycles. The summed E-state index contributed by atoms with van der Waals surface area (Å²) < 4.78 is 4.94. The van der Waals surface area contributed by atoms with E-state index in [1.807, 2.05) is 30.3 Å². The summed E-state index contributed by atoms with van der Waals surface area (Å²) in [5, 5.41) is 0.233. The van der Waals surface area contributed by atoms with Gasteiger partial charge in [0.25, 0.3) is 11.1 Å². The zero-order valence-corrected chi connectivity index (χ0v) is 7.58. The molecule has 0 aliphatic carbocycles. The molecule has 1 amide bonds. The van der Waals surface area contributed by atoms with E-state index < -0.39 is 0 Å². The van der Waals surface area contributed by atoms with Gasteiger partial charge in [-0.1, -0.05) is 18.2 Å². The number of para-hydroxylation sites is 1. The maximum absolute atomic E-state index is 11.3. The van der Waals surface area contributed by atoms with Gasteiger partial charge in [0.1, 0.15) is 0 Å². The van der Waals surface area contributed by atoms with Crippen LogP contribution in [0.1, 0.15) is 0 Å². The van der Waals surface area contributed by atoms with Crippen LogP contribution in [-0.4, -0.2) is 17.7 Å². The molecular weight excluding hydrogens is 186 g/mol. The average molecular weight is 193 g/mol. The molecule has 3 nitrogen and oxygen atoms in total. The Morgan fingerprint density at radius 1 is 1.31 bits per heavy atom. The third-order valence-corrected chi connectivity index (χ3v) is 2.07. The van der Waals surface area contributed by atoms with E-state index in [4.69, 9.17) is 17.0 Å². The lowest BCUT2D eigenvalue weighted by atomic mass is 10.3. The fraction of sp³-hybridized carbons (Fsp3) is 0.111. The highest BCUT2D eigenvalue weighted by Gasteiger charge is 2.28. The van der Waals surface area contributed by atoms with Gasteiger partial charge in [-0.15, -0.1) is 0 Å². The van der Waals surface area contributed by atoms with Crippen LogP contribution >= 0.6 is 12.2 Å². The average Bonchev–Trinajstić information content (AvgIpc) is 2.48. The van der Waals surface area contributed by atoms with Crippen LogP contribution in [0.3, 0.4) is 0 Å². The van der Waals surface area contributed by atoms with E-state index in [1.54, 1.807) is 0 Å². The molecule has 13 heavy (non-hydrogen) atoms. The molecule has 1 aliphatic rings. The summed E-state index contributed by atoms with van der Waals surface area (Å²) >= 11 is 4.88. The second-order valence-electron chi connectivity index (χ2n) is 2.62. The Bertz CT molecular complexity index is 334. The van der Waals surface area contributed by atoms with Crippen LogP contribution in [0.2, 0.25) is 0 Å². The number of hydrogen-bond donors (Lipinski definition) is 0. The lowest BCUT2D eigenvalue weighted by Gasteiger charge is -2.11. The zero-order valence-electron chi connectivity index (χ0n) is 6.77. The number of rotatable bonds is 1. The molecule has 0 unspecified atom stereocenters. The van der Waals surface area contributed by atoms with Crippen molar-refractivity contribution in [1.29, 1.82) is 0 Å². The van der Waals surface area contributed by atoms with Crippen LogP contribution in [-0.2, 0) is 9.53 Å². The van der Waals surface area contributed by atoms with E-state index in [-0.39, 0.29) is 17.7 Å². The third-order valence-electron chi connectivity index (χ3n) is 1.77. The monoisotopic (exact) mass is 193 g/mol. The largest absolute Gasteiger partial charge is 0.460 e. The van der Waals surface area contributed by atoms with Crippen molar-refractivity contribution in [2.24, 2.45) is 0 Å². The second-order valence-corrected chi connectivity index (χ2v) is 2.97.